The number of nitrogens with one attached hydrogen (secondary N) is 1. The van der Waals surface area contributed by atoms with Crippen LogP contribution in [0.5, 0.6) is 0 Å². The molecule has 5 heteroatoms. The molecule has 0 atom stereocenters. The van der Waals surface area contributed by atoms with Crippen molar-refractivity contribution < 1.29 is 4.39 Å². The van der Waals surface area contributed by atoms with Gasteiger partial charge in [0.15, 0.2) is 0 Å². The number of benzene rings is 1. The Balaban J connectivity index is 2.02. The van der Waals surface area contributed by atoms with Gasteiger partial charge in [0, 0.05) is 19.1 Å². The van der Waals surface area contributed by atoms with E-state index in [1.165, 1.54) is 12.1 Å². The topological polar surface area (TPSA) is 15.3 Å². The standard InChI is InChI=1S/C13H17Cl2FN2/c1-2-18-5-3-10(4-6-18)17-13-11(14)7-9(16)8-12(13)15/h7-8,10,17H,2-6H2,1H3. The molecule has 0 bridgehead atoms. The van der Waals surface area contributed by atoms with Crippen LogP contribution in [0.3, 0.4) is 0 Å². The largest absolute Gasteiger partial charge is 0.380 e. The molecular weight excluding hydrogens is 274 g/mol. The minimum atomic E-state index is -0.406. The minimum Gasteiger partial charge on any atom is -0.380 e. The van der Waals surface area contributed by atoms with Crippen LogP contribution >= 0.6 is 23.2 Å². The quantitative estimate of drug-likeness (QED) is 0.904. The van der Waals surface area contributed by atoms with E-state index in [9.17, 15) is 4.39 Å². The Morgan fingerprint density at radius 3 is 2.33 bits per heavy atom. The van der Waals surface area contributed by atoms with E-state index in [-0.39, 0.29) is 0 Å². The SMILES string of the molecule is CCN1CCC(Nc2c(Cl)cc(F)cc2Cl)CC1. The lowest BCUT2D eigenvalue weighted by atomic mass is 10.0. The summed E-state index contributed by atoms with van der Waals surface area (Å²) in [5.41, 5.74) is 0.648. The third-order valence-corrected chi connectivity index (χ3v) is 3.99. The molecule has 1 heterocycles. The molecule has 1 saturated heterocycles. The molecule has 0 amide bonds. The number of hydrogen-bond acceptors (Lipinski definition) is 2. The number of nitrogens with zero attached hydrogens (tertiary/aromatic N) is 1. The Bertz CT molecular complexity index is 394. The normalized spacial score (nSPS) is 18.0. The first-order chi connectivity index (χ1) is 8.60. The van der Waals surface area contributed by atoms with E-state index in [1.807, 2.05) is 0 Å². The minimum absolute atomic E-state index is 0.345. The van der Waals surface area contributed by atoms with E-state index in [0.29, 0.717) is 21.8 Å². The molecule has 0 saturated carbocycles. The van der Waals surface area contributed by atoms with Crippen LogP contribution in [-0.4, -0.2) is 30.6 Å². The molecule has 0 radical (unpaired) electrons. The van der Waals surface area contributed by atoms with Gasteiger partial charge in [-0.05, 0) is 31.5 Å². The van der Waals surface area contributed by atoms with Crippen molar-refractivity contribution in [2.24, 2.45) is 0 Å². The third-order valence-electron chi connectivity index (χ3n) is 3.39. The molecule has 1 fully saturated rings. The van der Waals surface area contributed by atoms with Crippen molar-refractivity contribution in [2.45, 2.75) is 25.8 Å². The van der Waals surface area contributed by atoms with Gasteiger partial charge in [0.1, 0.15) is 5.82 Å². The summed E-state index contributed by atoms with van der Waals surface area (Å²) in [5.74, 6) is -0.406. The summed E-state index contributed by atoms with van der Waals surface area (Å²) in [4.78, 5) is 2.41. The summed E-state index contributed by atoms with van der Waals surface area (Å²) in [6.45, 7) is 5.40. The number of rotatable bonds is 3. The number of hydrogen-bond donors (Lipinski definition) is 1. The van der Waals surface area contributed by atoms with Crippen molar-refractivity contribution in [3.63, 3.8) is 0 Å². The van der Waals surface area contributed by atoms with Gasteiger partial charge in [0.05, 0.1) is 15.7 Å². The zero-order valence-corrected chi connectivity index (χ0v) is 11.9. The lowest BCUT2D eigenvalue weighted by Gasteiger charge is -2.32. The van der Waals surface area contributed by atoms with Crippen molar-refractivity contribution in [3.8, 4) is 0 Å². The highest BCUT2D eigenvalue weighted by atomic mass is 35.5. The van der Waals surface area contributed by atoms with Crippen molar-refractivity contribution in [3.05, 3.63) is 28.0 Å². The van der Waals surface area contributed by atoms with Crippen LogP contribution in [-0.2, 0) is 0 Å². The predicted molar refractivity (Wildman–Crippen MR) is 75.2 cm³/mol. The molecule has 1 aliphatic rings. The van der Waals surface area contributed by atoms with Gasteiger partial charge < -0.3 is 10.2 Å². The molecular formula is C13H17Cl2FN2. The average Bonchev–Trinajstić information content (AvgIpc) is 2.34. The second kappa shape index (κ2) is 6.09. The lowest BCUT2D eigenvalue weighted by molar-refractivity contribution is 0.229. The van der Waals surface area contributed by atoms with Crippen molar-refractivity contribution in [1.29, 1.82) is 0 Å². The third kappa shape index (κ3) is 3.28. The number of anilines is 1. The molecule has 2 nitrogen and oxygen atoms in total. The maximum Gasteiger partial charge on any atom is 0.126 e. The fraction of sp³-hybridized carbons (Fsp3) is 0.538. The Morgan fingerprint density at radius 1 is 1.28 bits per heavy atom. The summed E-state index contributed by atoms with van der Waals surface area (Å²) in [6, 6.07) is 2.93. The van der Waals surface area contributed by atoms with Gasteiger partial charge in [0.25, 0.3) is 0 Å². The van der Waals surface area contributed by atoms with E-state index in [1.54, 1.807) is 0 Å². The first-order valence-electron chi connectivity index (χ1n) is 6.23. The smallest absolute Gasteiger partial charge is 0.126 e. The number of likely N-dealkylation sites (tertiary alicyclic amines) is 1. The maximum absolute atomic E-state index is 13.1. The summed E-state index contributed by atoms with van der Waals surface area (Å²) >= 11 is 12.0. The molecule has 18 heavy (non-hydrogen) atoms. The van der Waals surface area contributed by atoms with E-state index >= 15 is 0 Å². The zero-order chi connectivity index (χ0) is 13.1. The van der Waals surface area contributed by atoms with Crippen LogP contribution in [0.25, 0.3) is 0 Å². The lowest BCUT2D eigenvalue weighted by Crippen LogP contribution is -2.38. The summed E-state index contributed by atoms with van der Waals surface area (Å²) < 4.78 is 13.1. The number of piperidine rings is 1. The molecule has 2 rings (SSSR count). The van der Waals surface area contributed by atoms with Gasteiger partial charge in [-0.25, -0.2) is 4.39 Å². The highest BCUT2D eigenvalue weighted by molar-refractivity contribution is 6.39. The van der Waals surface area contributed by atoms with Gasteiger partial charge in [0.2, 0.25) is 0 Å². The second-order valence-electron chi connectivity index (χ2n) is 4.60. The predicted octanol–water partition coefficient (Wildman–Crippen LogP) is 4.03. The molecule has 1 aliphatic heterocycles. The van der Waals surface area contributed by atoms with Gasteiger partial charge in [-0.2, -0.15) is 0 Å². The second-order valence-corrected chi connectivity index (χ2v) is 5.41. The first-order valence-corrected chi connectivity index (χ1v) is 6.99. The summed E-state index contributed by atoms with van der Waals surface area (Å²) in [6.07, 6.45) is 2.11. The Kier molecular flexibility index (Phi) is 4.71. The van der Waals surface area contributed by atoms with Crippen molar-refractivity contribution in [1.82, 2.24) is 4.90 Å². The van der Waals surface area contributed by atoms with Crippen LogP contribution in [0.2, 0.25) is 10.0 Å². The van der Waals surface area contributed by atoms with Crippen LogP contribution in [0, 0.1) is 5.82 Å². The molecule has 0 unspecified atom stereocenters. The highest BCUT2D eigenvalue weighted by Gasteiger charge is 2.19. The van der Waals surface area contributed by atoms with E-state index in [4.69, 9.17) is 23.2 Å². The molecule has 0 spiro atoms. The molecule has 1 N–H and O–H groups in total. The van der Waals surface area contributed by atoms with E-state index < -0.39 is 5.82 Å². The van der Waals surface area contributed by atoms with Gasteiger partial charge >= 0.3 is 0 Å². The molecule has 1 aromatic carbocycles. The number of halogens is 3. The van der Waals surface area contributed by atoms with Crippen LogP contribution in [0.1, 0.15) is 19.8 Å². The van der Waals surface area contributed by atoms with Crippen LogP contribution < -0.4 is 5.32 Å². The Labute approximate surface area is 117 Å². The van der Waals surface area contributed by atoms with Gasteiger partial charge in [-0.15, -0.1) is 0 Å². The summed E-state index contributed by atoms with van der Waals surface area (Å²) in [5, 5.41) is 4.02. The highest BCUT2D eigenvalue weighted by Crippen LogP contribution is 2.32. The first kappa shape index (κ1) is 13.9. The van der Waals surface area contributed by atoms with Crippen molar-refractivity contribution >= 4 is 28.9 Å². The molecule has 100 valence electrons. The van der Waals surface area contributed by atoms with Gasteiger partial charge in [-0.1, -0.05) is 30.1 Å². The zero-order valence-electron chi connectivity index (χ0n) is 10.3. The van der Waals surface area contributed by atoms with E-state index in [0.717, 1.165) is 32.5 Å². The Morgan fingerprint density at radius 2 is 1.83 bits per heavy atom. The fourth-order valence-electron chi connectivity index (χ4n) is 2.28. The summed E-state index contributed by atoms with van der Waals surface area (Å²) in [7, 11) is 0. The van der Waals surface area contributed by atoms with E-state index in [2.05, 4.69) is 17.1 Å². The van der Waals surface area contributed by atoms with Crippen LogP contribution in [0.4, 0.5) is 10.1 Å². The monoisotopic (exact) mass is 290 g/mol. The Hall–Kier alpha value is -0.510. The molecule has 0 aromatic heterocycles. The van der Waals surface area contributed by atoms with Crippen molar-refractivity contribution in [2.75, 3.05) is 25.0 Å². The molecule has 1 aromatic rings. The van der Waals surface area contributed by atoms with Gasteiger partial charge in [-0.3, -0.25) is 0 Å². The average molecular weight is 291 g/mol. The molecule has 0 aliphatic carbocycles. The maximum atomic E-state index is 13.1. The fourth-order valence-corrected chi connectivity index (χ4v) is 2.85. The van der Waals surface area contributed by atoms with Crippen LogP contribution in [0.15, 0.2) is 12.1 Å².